The molecule has 0 aliphatic rings. The third kappa shape index (κ3) is 2.99. The second-order valence-electron chi connectivity index (χ2n) is 4.53. The van der Waals surface area contributed by atoms with E-state index in [4.69, 9.17) is 4.42 Å². The van der Waals surface area contributed by atoms with Gasteiger partial charge in [0.25, 0.3) is 0 Å². The maximum absolute atomic E-state index is 5.52. The Morgan fingerprint density at radius 3 is 2.61 bits per heavy atom. The van der Waals surface area contributed by atoms with E-state index in [1.165, 1.54) is 11.1 Å². The molecule has 0 amide bonds. The van der Waals surface area contributed by atoms with Crippen LogP contribution < -0.4 is 5.32 Å². The lowest BCUT2D eigenvalue weighted by molar-refractivity contribution is 0.402. The number of oxazole rings is 1. The molecule has 3 nitrogen and oxygen atoms in total. The fraction of sp³-hybridized carbons (Fsp3) is 0.400. The second kappa shape index (κ2) is 5.83. The molecule has 1 aromatic heterocycles. The number of aryl methyl sites for hydroxylation is 2. The summed E-state index contributed by atoms with van der Waals surface area (Å²) < 4.78 is 5.52. The Morgan fingerprint density at radius 1 is 1.28 bits per heavy atom. The number of hydrogen-bond acceptors (Lipinski definition) is 3. The molecule has 0 aliphatic heterocycles. The molecule has 0 spiro atoms. The SMILES string of the molecule is CCc1ccccc1CNC(C)c1ncc(C)o1. The van der Waals surface area contributed by atoms with Gasteiger partial charge in [-0.1, -0.05) is 31.2 Å². The Kier molecular flexibility index (Phi) is 4.15. The summed E-state index contributed by atoms with van der Waals surface area (Å²) in [6.07, 6.45) is 2.82. The van der Waals surface area contributed by atoms with Gasteiger partial charge in [-0.2, -0.15) is 0 Å². The smallest absolute Gasteiger partial charge is 0.211 e. The van der Waals surface area contributed by atoms with Crippen molar-refractivity contribution in [1.29, 1.82) is 0 Å². The van der Waals surface area contributed by atoms with Gasteiger partial charge in [-0.3, -0.25) is 0 Å². The molecule has 2 aromatic rings. The molecule has 1 aromatic carbocycles. The van der Waals surface area contributed by atoms with Crippen LogP contribution in [0.1, 0.15) is 42.7 Å². The lowest BCUT2D eigenvalue weighted by Gasteiger charge is -2.12. The molecule has 0 bridgehead atoms. The molecule has 1 N–H and O–H groups in total. The van der Waals surface area contributed by atoms with E-state index in [-0.39, 0.29) is 6.04 Å². The van der Waals surface area contributed by atoms with Gasteiger partial charge in [0.05, 0.1) is 12.2 Å². The van der Waals surface area contributed by atoms with Crippen LogP contribution in [-0.2, 0) is 13.0 Å². The summed E-state index contributed by atoms with van der Waals surface area (Å²) in [5.74, 6) is 1.61. The molecule has 1 unspecified atom stereocenters. The van der Waals surface area contributed by atoms with E-state index in [2.05, 4.69) is 48.4 Å². The zero-order valence-corrected chi connectivity index (χ0v) is 11.2. The van der Waals surface area contributed by atoms with Gasteiger partial charge in [0.1, 0.15) is 5.76 Å². The van der Waals surface area contributed by atoms with Crippen LogP contribution in [0.5, 0.6) is 0 Å². The van der Waals surface area contributed by atoms with Crippen LogP contribution in [0, 0.1) is 6.92 Å². The Balaban J connectivity index is 1.99. The maximum Gasteiger partial charge on any atom is 0.211 e. The molecule has 0 radical (unpaired) electrons. The molecular formula is C15H20N2O. The number of rotatable bonds is 5. The minimum atomic E-state index is 0.128. The van der Waals surface area contributed by atoms with Crippen molar-refractivity contribution in [1.82, 2.24) is 10.3 Å². The first-order valence-electron chi connectivity index (χ1n) is 6.43. The molecular weight excluding hydrogens is 224 g/mol. The predicted molar refractivity (Wildman–Crippen MR) is 72.3 cm³/mol. The highest BCUT2D eigenvalue weighted by molar-refractivity contribution is 5.26. The third-order valence-corrected chi connectivity index (χ3v) is 3.11. The Labute approximate surface area is 108 Å². The number of nitrogens with one attached hydrogen (secondary N) is 1. The van der Waals surface area contributed by atoms with Crippen molar-refractivity contribution in [2.45, 2.75) is 39.8 Å². The first kappa shape index (κ1) is 12.8. The summed E-state index contributed by atoms with van der Waals surface area (Å²) in [6, 6.07) is 8.64. The highest BCUT2D eigenvalue weighted by Gasteiger charge is 2.11. The summed E-state index contributed by atoms with van der Waals surface area (Å²) in [5, 5.41) is 3.45. The molecule has 96 valence electrons. The van der Waals surface area contributed by atoms with Gasteiger partial charge in [0.15, 0.2) is 0 Å². The zero-order valence-electron chi connectivity index (χ0n) is 11.2. The standard InChI is InChI=1S/C15H20N2O/c1-4-13-7-5-6-8-14(13)10-16-12(3)15-17-9-11(2)18-15/h5-9,12,16H,4,10H2,1-3H3. The van der Waals surface area contributed by atoms with E-state index >= 15 is 0 Å². The van der Waals surface area contributed by atoms with Crippen molar-refractivity contribution in [3.05, 3.63) is 53.2 Å². The number of aromatic nitrogens is 1. The number of benzene rings is 1. The van der Waals surface area contributed by atoms with Gasteiger partial charge in [-0.15, -0.1) is 0 Å². The maximum atomic E-state index is 5.52. The van der Waals surface area contributed by atoms with Gasteiger partial charge in [-0.05, 0) is 31.4 Å². The van der Waals surface area contributed by atoms with Gasteiger partial charge >= 0.3 is 0 Å². The van der Waals surface area contributed by atoms with E-state index in [0.717, 1.165) is 24.6 Å². The van der Waals surface area contributed by atoms with E-state index in [1.807, 2.05) is 6.92 Å². The first-order chi connectivity index (χ1) is 8.70. The van der Waals surface area contributed by atoms with Crippen LogP contribution in [0.15, 0.2) is 34.9 Å². The van der Waals surface area contributed by atoms with Crippen LogP contribution in [0.3, 0.4) is 0 Å². The average Bonchev–Trinajstić information content (AvgIpc) is 2.83. The van der Waals surface area contributed by atoms with Gasteiger partial charge in [-0.25, -0.2) is 4.98 Å². The van der Waals surface area contributed by atoms with Crippen molar-refractivity contribution in [3.8, 4) is 0 Å². The molecule has 3 heteroatoms. The fourth-order valence-electron chi connectivity index (χ4n) is 2.00. The van der Waals surface area contributed by atoms with Crippen LogP contribution in [-0.4, -0.2) is 4.98 Å². The van der Waals surface area contributed by atoms with E-state index in [0.29, 0.717) is 0 Å². The lowest BCUT2D eigenvalue weighted by atomic mass is 10.1. The number of hydrogen-bond donors (Lipinski definition) is 1. The van der Waals surface area contributed by atoms with Crippen LogP contribution in [0.2, 0.25) is 0 Å². The van der Waals surface area contributed by atoms with Crippen molar-refractivity contribution in [2.24, 2.45) is 0 Å². The normalized spacial score (nSPS) is 12.6. The largest absolute Gasteiger partial charge is 0.444 e. The second-order valence-corrected chi connectivity index (χ2v) is 4.53. The molecule has 0 saturated heterocycles. The van der Waals surface area contributed by atoms with Crippen molar-refractivity contribution >= 4 is 0 Å². The van der Waals surface area contributed by atoms with E-state index in [9.17, 15) is 0 Å². The predicted octanol–water partition coefficient (Wildman–Crippen LogP) is 3.40. The van der Waals surface area contributed by atoms with Crippen molar-refractivity contribution in [3.63, 3.8) is 0 Å². The first-order valence-corrected chi connectivity index (χ1v) is 6.43. The van der Waals surface area contributed by atoms with Crippen molar-refractivity contribution in [2.75, 3.05) is 0 Å². The molecule has 0 aliphatic carbocycles. The minimum absolute atomic E-state index is 0.128. The quantitative estimate of drug-likeness (QED) is 0.876. The van der Waals surface area contributed by atoms with Crippen LogP contribution in [0.25, 0.3) is 0 Å². The molecule has 18 heavy (non-hydrogen) atoms. The zero-order chi connectivity index (χ0) is 13.0. The van der Waals surface area contributed by atoms with Gasteiger partial charge < -0.3 is 9.73 Å². The molecule has 1 heterocycles. The van der Waals surface area contributed by atoms with Gasteiger partial charge in [0, 0.05) is 6.54 Å². The molecule has 0 saturated carbocycles. The van der Waals surface area contributed by atoms with Crippen molar-refractivity contribution < 1.29 is 4.42 Å². The average molecular weight is 244 g/mol. The summed E-state index contributed by atoms with van der Waals surface area (Å²) in [6.45, 7) is 7.00. The highest BCUT2D eigenvalue weighted by atomic mass is 16.4. The van der Waals surface area contributed by atoms with Crippen LogP contribution >= 0.6 is 0 Å². The molecule has 0 fully saturated rings. The lowest BCUT2D eigenvalue weighted by Crippen LogP contribution is -2.19. The van der Waals surface area contributed by atoms with E-state index in [1.54, 1.807) is 6.20 Å². The Morgan fingerprint density at radius 2 is 2.00 bits per heavy atom. The Hall–Kier alpha value is -1.61. The van der Waals surface area contributed by atoms with Crippen LogP contribution in [0.4, 0.5) is 0 Å². The molecule has 1 atom stereocenters. The summed E-state index contributed by atoms with van der Waals surface area (Å²) in [7, 11) is 0. The monoisotopic (exact) mass is 244 g/mol. The fourth-order valence-corrected chi connectivity index (χ4v) is 2.00. The summed E-state index contributed by atoms with van der Waals surface area (Å²) in [4.78, 5) is 4.24. The highest BCUT2D eigenvalue weighted by Crippen LogP contribution is 2.14. The van der Waals surface area contributed by atoms with Gasteiger partial charge in [0.2, 0.25) is 5.89 Å². The van der Waals surface area contributed by atoms with E-state index < -0.39 is 0 Å². The summed E-state index contributed by atoms with van der Waals surface area (Å²) >= 11 is 0. The third-order valence-electron chi connectivity index (χ3n) is 3.11. The molecule has 2 rings (SSSR count). The Bertz CT molecular complexity index is 505. The summed E-state index contributed by atoms with van der Waals surface area (Å²) in [5.41, 5.74) is 2.73. The topological polar surface area (TPSA) is 38.1 Å². The number of nitrogens with zero attached hydrogens (tertiary/aromatic N) is 1. The minimum Gasteiger partial charge on any atom is -0.444 e.